The molecule has 272 valence electrons. The number of benzene rings is 2. The lowest BCUT2D eigenvalue weighted by Gasteiger charge is -2.36. The normalized spacial score (nSPS) is 15.2. The van der Waals surface area contributed by atoms with Crippen LogP contribution in [0.2, 0.25) is 0 Å². The molecule has 2 aliphatic heterocycles. The molecular weight excluding hydrogens is 687 g/mol. The van der Waals surface area contributed by atoms with Gasteiger partial charge in [0.05, 0.1) is 25.0 Å². The number of nitrogens with zero attached hydrogens (tertiary/aromatic N) is 6. The summed E-state index contributed by atoms with van der Waals surface area (Å²) < 4.78 is 45.7. The summed E-state index contributed by atoms with van der Waals surface area (Å²) in [5, 5.41) is 15.1. The van der Waals surface area contributed by atoms with Crippen LogP contribution in [0.4, 0.5) is 47.0 Å². The van der Waals surface area contributed by atoms with Gasteiger partial charge in [0, 0.05) is 68.0 Å². The van der Waals surface area contributed by atoms with Gasteiger partial charge in [-0.1, -0.05) is 24.3 Å². The lowest BCUT2D eigenvalue weighted by molar-refractivity contribution is -0.137. The zero-order chi connectivity index (χ0) is 36.7. The third-order valence-electron chi connectivity index (χ3n) is 8.34. The minimum atomic E-state index is -4.54. The Kier molecular flexibility index (Phi) is 11.9. The number of halogens is 3. The smallest absolute Gasteiger partial charge is 0.416 e. The second kappa shape index (κ2) is 16.3. The molecule has 2 saturated heterocycles. The molecule has 0 radical (unpaired) electrons. The largest absolute Gasteiger partial charge is 0.477 e. The lowest BCUT2D eigenvalue weighted by Crippen LogP contribution is -2.46. The van der Waals surface area contributed by atoms with Crippen molar-refractivity contribution in [3.63, 3.8) is 0 Å². The number of carbonyl (C=O) groups excluding carboxylic acids is 1. The maximum Gasteiger partial charge on any atom is 0.416 e. The molecule has 0 bridgehead atoms. The third-order valence-corrected chi connectivity index (χ3v) is 9.24. The first-order chi connectivity index (χ1) is 24.3. The van der Waals surface area contributed by atoms with E-state index in [-0.39, 0.29) is 10.4 Å². The van der Waals surface area contributed by atoms with E-state index in [1.54, 1.807) is 18.2 Å². The van der Waals surface area contributed by atoms with Gasteiger partial charge in [-0.3, -0.25) is 4.79 Å². The Balaban J connectivity index is 0.000000205. The number of carboxylic acid groups (broad SMARTS) is 1. The summed E-state index contributed by atoms with van der Waals surface area (Å²) in [4.78, 5) is 42.8. The summed E-state index contributed by atoms with van der Waals surface area (Å²) in [6.45, 7) is 12.3. The highest BCUT2D eigenvalue weighted by molar-refractivity contribution is 7.17. The third kappa shape index (κ3) is 10.0. The minimum Gasteiger partial charge on any atom is -0.477 e. The number of hydrogen-bond donors (Lipinski definition) is 4. The zero-order valence-corrected chi connectivity index (χ0v) is 29.3. The van der Waals surface area contributed by atoms with Crippen LogP contribution in [0.5, 0.6) is 0 Å². The van der Waals surface area contributed by atoms with E-state index in [1.807, 2.05) is 24.8 Å². The molecule has 1 amide bonds. The summed E-state index contributed by atoms with van der Waals surface area (Å²) in [6.07, 6.45) is -3.21. The number of nitrogen functional groups attached to an aromatic ring is 1. The van der Waals surface area contributed by atoms with Crippen LogP contribution in [0, 0.1) is 13.8 Å². The molecule has 51 heavy (non-hydrogen) atoms. The second-order valence-electron chi connectivity index (χ2n) is 11.9. The van der Waals surface area contributed by atoms with E-state index in [2.05, 4.69) is 42.3 Å². The Morgan fingerprint density at radius 2 is 1.71 bits per heavy atom. The number of piperazine rings is 1. The number of thiazole rings is 1. The molecule has 0 atom stereocenters. The molecule has 2 aliphatic rings. The van der Waals surface area contributed by atoms with Crippen molar-refractivity contribution in [1.82, 2.24) is 19.9 Å². The van der Waals surface area contributed by atoms with Gasteiger partial charge < -0.3 is 40.9 Å². The van der Waals surface area contributed by atoms with Crippen molar-refractivity contribution < 1.29 is 32.6 Å². The van der Waals surface area contributed by atoms with Crippen LogP contribution >= 0.6 is 11.3 Å². The van der Waals surface area contributed by atoms with Crippen molar-refractivity contribution >= 4 is 57.0 Å². The number of carbonyl (C=O) groups is 2. The molecule has 2 aromatic heterocycles. The van der Waals surface area contributed by atoms with Crippen LogP contribution in [0.1, 0.15) is 43.9 Å². The van der Waals surface area contributed by atoms with E-state index in [9.17, 15) is 22.8 Å². The van der Waals surface area contributed by atoms with Gasteiger partial charge in [0.2, 0.25) is 0 Å². The zero-order valence-electron chi connectivity index (χ0n) is 28.5. The van der Waals surface area contributed by atoms with Gasteiger partial charge in [-0.25, -0.2) is 19.7 Å². The fourth-order valence-electron chi connectivity index (χ4n) is 5.44. The maximum absolute atomic E-state index is 13.4. The Morgan fingerprint density at radius 3 is 2.33 bits per heavy atom. The number of aromatic nitrogens is 3. The van der Waals surface area contributed by atoms with Crippen LogP contribution in [-0.2, 0) is 10.9 Å². The number of hydrogen-bond acceptors (Lipinski definition) is 12. The van der Waals surface area contributed by atoms with Gasteiger partial charge >= 0.3 is 12.1 Å². The SMILES string of the molecule is CCN1CCN(c2cc(C(=O)Nc3ccc(C)c(N)c3)cc(C(F)(F)F)c2)CC1.Cc1nc(Nc2ncc(C(=O)O)s2)cc(N2CCOCC2)n1. The van der Waals surface area contributed by atoms with E-state index in [0.717, 1.165) is 67.6 Å². The molecule has 0 unspecified atom stereocenters. The number of amides is 1. The van der Waals surface area contributed by atoms with E-state index < -0.39 is 23.6 Å². The number of nitrogens with two attached hydrogens (primary N) is 1. The van der Waals surface area contributed by atoms with Gasteiger partial charge in [-0.05, 0) is 56.3 Å². The first-order valence-corrected chi connectivity index (χ1v) is 17.1. The van der Waals surface area contributed by atoms with Crippen LogP contribution in [-0.4, -0.2) is 95.9 Å². The van der Waals surface area contributed by atoms with E-state index in [1.165, 1.54) is 12.3 Å². The van der Waals surface area contributed by atoms with Crippen LogP contribution in [0.15, 0.2) is 48.7 Å². The highest BCUT2D eigenvalue weighted by atomic mass is 32.1. The van der Waals surface area contributed by atoms with Crippen molar-refractivity contribution in [2.24, 2.45) is 0 Å². The molecule has 0 aliphatic carbocycles. The molecule has 0 saturated carbocycles. The van der Waals surface area contributed by atoms with E-state index in [0.29, 0.717) is 60.1 Å². The molecule has 13 nitrogen and oxygen atoms in total. The van der Waals surface area contributed by atoms with Crippen LogP contribution < -0.4 is 26.2 Å². The van der Waals surface area contributed by atoms with Crippen LogP contribution in [0.3, 0.4) is 0 Å². The van der Waals surface area contributed by atoms with E-state index in [4.69, 9.17) is 15.6 Å². The number of likely N-dealkylation sites (N-methyl/N-ethyl adjacent to an activating group) is 1. The first kappa shape index (κ1) is 37.3. The molecule has 6 rings (SSSR count). The number of aromatic carboxylic acids is 1. The van der Waals surface area contributed by atoms with Crippen molar-refractivity contribution in [2.75, 3.05) is 85.2 Å². The lowest BCUT2D eigenvalue weighted by atomic mass is 10.1. The highest BCUT2D eigenvalue weighted by Crippen LogP contribution is 2.34. The summed E-state index contributed by atoms with van der Waals surface area (Å²) in [7, 11) is 0. The summed E-state index contributed by atoms with van der Waals surface area (Å²) in [6, 6.07) is 10.4. The fraction of sp³-hybridized carbons (Fsp3) is 0.382. The second-order valence-corrected chi connectivity index (χ2v) is 13.0. The highest BCUT2D eigenvalue weighted by Gasteiger charge is 2.33. The topological polar surface area (TPSA) is 162 Å². The Labute approximate surface area is 297 Å². The van der Waals surface area contributed by atoms with Crippen molar-refractivity contribution in [1.29, 1.82) is 0 Å². The molecule has 5 N–H and O–H groups in total. The van der Waals surface area contributed by atoms with Crippen molar-refractivity contribution in [3.8, 4) is 0 Å². The van der Waals surface area contributed by atoms with Gasteiger partial charge in [-0.2, -0.15) is 13.2 Å². The minimum absolute atomic E-state index is 0.0353. The van der Waals surface area contributed by atoms with Gasteiger partial charge in [0.15, 0.2) is 5.13 Å². The number of morpholine rings is 1. The number of rotatable bonds is 8. The average Bonchev–Trinajstić information content (AvgIpc) is 3.58. The molecule has 2 fully saturated rings. The van der Waals surface area contributed by atoms with Gasteiger partial charge in [0.1, 0.15) is 22.3 Å². The number of aryl methyl sites for hydroxylation is 2. The maximum atomic E-state index is 13.4. The quantitative estimate of drug-likeness (QED) is 0.169. The Bertz CT molecular complexity index is 1840. The standard InChI is InChI=1S/C21H25F3N4O.C13H15N5O3S/c1-3-27-6-8-28(9-7-27)18-11-15(10-16(12-18)21(22,23)24)20(29)26-17-5-4-14(2)19(25)13-17;1-8-15-10(17-13-14-7-9(22-13)12(19)20)6-11(16-8)18-2-4-21-5-3-18/h4-5,10-13H,3,6-9,25H2,1-2H3,(H,26,29);6-7H,2-5H2,1H3,(H,19,20)(H,14,15,16,17). The van der Waals surface area contributed by atoms with E-state index >= 15 is 0 Å². The van der Waals surface area contributed by atoms with Gasteiger partial charge in [-0.15, -0.1) is 0 Å². The molecule has 2 aromatic carbocycles. The number of anilines is 6. The molecular formula is C34H40F3N9O4S. The number of nitrogens with one attached hydrogen (secondary N) is 2. The molecule has 0 spiro atoms. The Hall–Kier alpha value is -5.00. The predicted molar refractivity (Wildman–Crippen MR) is 191 cm³/mol. The number of carboxylic acids is 1. The molecule has 4 aromatic rings. The monoisotopic (exact) mass is 727 g/mol. The van der Waals surface area contributed by atoms with Gasteiger partial charge in [0.25, 0.3) is 5.91 Å². The van der Waals surface area contributed by atoms with Crippen LogP contribution in [0.25, 0.3) is 0 Å². The van der Waals surface area contributed by atoms with Crippen molar-refractivity contribution in [2.45, 2.75) is 26.9 Å². The fourth-order valence-corrected chi connectivity index (χ4v) is 6.11. The average molecular weight is 728 g/mol. The Morgan fingerprint density at radius 1 is 0.980 bits per heavy atom. The first-order valence-electron chi connectivity index (χ1n) is 16.3. The number of ether oxygens (including phenoxy) is 1. The summed E-state index contributed by atoms with van der Waals surface area (Å²) in [5.74, 6) is 0.473. The summed E-state index contributed by atoms with van der Waals surface area (Å²) >= 11 is 1.07. The predicted octanol–water partition coefficient (Wildman–Crippen LogP) is 5.51. The van der Waals surface area contributed by atoms with Crippen molar-refractivity contribution in [3.05, 3.63) is 76.1 Å². The summed E-state index contributed by atoms with van der Waals surface area (Å²) in [5.41, 5.74) is 7.19. The number of alkyl halides is 3. The molecule has 17 heteroatoms. The molecule has 4 heterocycles.